The minimum absolute atomic E-state index is 0.0300. The fraction of sp³-hybridized carbons (Fsp3) is 0.273. The highest BCUT2D eigenvalue weighted by Gasteiger charge is 2.17. The lowest BCUT2D eigenvalue weighted by atomic mass is 10.1. The maximum absolute atomic E-state index is 13.1. The molecule has 5 rings (SSSR count). The van der Waals surface area contributed by atoms with Crippen molar-refractivity contribution in [3.05, 3.63) is 94.7 Å². The van der Waals surface area contributed by atoms with Gasteiger partial charge in [-0.1, -0.05) is 24.3 Å². The molecule has 0 unspecified atom stereocenters. The van der Waals surface area contributed by atoms with E-state index in [0.717, 1.165) is 24.0 Å². The van der Waals surface area contributed by atoms with Crippen LogP contribution in [0.25, 0.3) is 21.8 Å². The summed E-state index contributed by atoms with van der Waals surface area (Å²) in [5, 5.41) is 9.85. The first kappa shape index (κ1) is 30.3. The second-order valence-electron chi connectivity index (χ2n) is 11.1. The van der Waals surface area contributed by atoms with Gasteiger partial charge in [0.05, 0.1) is 22.4 Å². The molecule has 3 aromatic heterocycles. The number of para-hydroxylation sites is 2. The van der Waals surface area contributed by atoms with Crippen molar-refractivity contribution in [2.45, 2.75) is 19.4 Å². The largest absolute Gasteiger partial charge is 0.351 e. The van der Waals surface area contributed by atoms with E-state index in [9.17, 15) is 19.2 Å². The number of pyridine rings is 1. The predicted molar refractivity (Wildman–Crippen MR) is 173 cm³/mol. The number of nitrogens with one attached hydrogen (secondary N) is 3. The number of anilines is 2. The van der Waals surface area contributed by atoms with Crippen molar-refractivity contribution < 1.29 is 14.4 Å². The van der Waals surface area contributed by atoms with E-state index in [1.165, 1.54) is 0 Å². The minimum atomic E-state index is -0.372. The summed E-state index contributed by atoms with van der Waals surface area (Å²) in [6.45, 7) is 1.80. The Morgan fingerprint density at radius 1 is 0.773 bits per heavy atom. The number of fused-ring (bicyclic) bond motifs is 2. The first-order chi connectivity index (χ1) is 21.1. The predicted octanol–water partition coefficient (Wildman–Crippen LogP) is 3.79. The van der Waals surface area contributed by atoms with Crippen molar-refractivity contribution in [2.24, 2.45) is 14.1 Å². The molecule has 0 radical (unpaired) electrons. The Morgan fingerprint density at radius 2 is 1.32 bits per heavy atom. The molecule has 44 heavy (non-hydrogen) atoms. The minimum Gasteiger partial charge on any atom is -0.351 e. The highest BCUT2D eigenvalue weighted by Crippen LogP contribution is 2.21. The third kappa shape index (κ3) is 6.57. The quantitative estimate of drug-likeness (QED) is 0.158. The van der Waals surface area contributed by atoms with Crippen LogP contribution in [0.15, 0.2) is 77.9 Å². The lowest BCUT2D eigenvalue weighted by Crippen LogP contribution is -2.28. The molecule has 0 saturated heterocycles. The molecule has 2 aromatic carbocycles. The van der Waals surface area contributed by atoms with Crippen LogP contribution in [0, 0.1) is 0 Å². The Labute approximate surface area is 255 Å². The molecule has 0 aliphatic heterocycles. The summed E-state index contributed by atoms with van der Waals surface area (Å²) in [6, 6.07) is 18.0. The number of aryl methyl sites for hydroxylation is 3. The summed E-state index contributed by atoms with van der Waals surface area (Å²) in [5.41, 5.74) is 3.27. The van der Waals surface area contributed by atoms with Crippen molar-refractivity contribution in [3.63, 3.8) is 0 Å². The van der Waals surface area contributed by atoms with E-state index in [0.29, 0.717) is 46.6 Å². The number of hydrogen-bond donors (Lipinski definition) is 3. The Hall–Kier alpha value is -5.16. The number of rotatable bonds is 11. The summed E-state index contributed by atoms with van der Waals surface area (Å²) in [6.07, 6.45) is 4.36. The Bertz CT molecular complexity index is 1850. The first-order valence-electron chi connectivity index (χ1n) is 14.5. The van der Waals surface area contributed by atoms with E-state index in [1.807, 2.05) is 55.1 Å². The molecule has 0 saturated carbocycles. The molecule has 11 nitrogen and oxygen atoms in total. The third-order valence-electron chi connectivity index (χ3n) is 7.53. The van der Waals surface area contributed by atoms with Crippen molar-refractivity contribution in [3.8, 4) is 0 Å². The SMILES string of the molecule is CN(C)CCCNC(=O)c1cc(NC(=O)c2cc(NC(=O)CCn3c4ccccc4c(=O)c4ccccc43)cn2C)cn1C. The smallest absolute Gasteiger partial charge is 0.272 e. The molecule has 0 bridgehead atoms. The molecule has 228 valence electrons. The van der Waals surface area contributed by atoms with Gasteiger partial charge >= 0.3 is 0 Å². The van der Waals surface area contributed by atoms with Gasteiger partial charge in [-0.3, -0.25) is 19.2 Å². The molecule has 0 fully saturated rings. The summed E-state index contributed by atoms with van der Waals surface area (Å²) in [5.74, 6) is -0.805. The maximum Gasteiger partial charge on any atom is 0.272 e. The van der Waals surface area contributed by atoms with Gasteiger partial charge in [0.1, 0.15) is 11.4 Å². The summed E-state index contributed by atoms with van der Waals surface area (Å²) in [7, 11) is 7.44. The molecule has 3 amide bonds. The van der Waals surface area contributed by atoms with E-state index < -0.39 is 0 Å². The van der Waals surface area contributed by atoms with Crippen LogP contribution < -0.4 is 21.4 Å². The van der Waals surface area contributed by atoms with E-state index in [4.69, 9.17) is 0 Å². The highest BCUT2D eigenvalue weighted by atomic mass is 16.2. The highest BCUT2D eigenvalue weighted by molar-refractivity contribution is 6.05. The average molecular weight is 596 g/mol. The zero-order valence-corrected chi connectivity index (χ0v) is 25.4. The van der Waals surface area contributed by atoms with E-state index in [-0.39, 0.29) is 29.6 Å². The zero-order valence-electron chi connectivity index (χ0n) is 25.4. The fourth-order valence-corrected chi connectivity index (χ4v) is 5.35. The Balaban J connectivity index is 1.22. The van der Waals surface area contributed by atoms with E-state index in [2.05, 4.69) is 20.9 Å². The number of aromatic nitrogens is 3. The van der Waals surface area contributed by atoms with Crippen LogP contribution in [-0.4, -0.2) is 63.5 Å². The molecular weight excluding hydrogens is 558 g/mol. The molecule has 5 aromatic rings. The maximum atomic E-state index is 13.1. The molecule has 0 aliphatic rings. The molecule has 3 heterocycles. The van der Waals surface area contributed by atoms with Gasteiger partial charge in [-0.15, -0.1) is 0 Å². The number of benzene rings is 2. The normalized spacial score (nSPS) is 11.3. The van der Waals surface area contributed by atoms with Crippen molar-refractivity contribution in [1.29, 1.82) is 0 Å². The van der Waals surface area contributed by atoms with E-state index >= 15 is 0 Å². The first-order valence-corrected chi connectivity index (χ1v) is 14.5. The number of amides is 3. The molecule has 0 atom stereocenters. The van der Waals surface area contributed by atoms with Crippen LogP contribution in [0.2, 0.25) is 0 Å². The topological polar surface area (TPSA) is 122 Å². The van der Waals surface area contributed by atoms with Crippen LogP contribution in [0.1, 0.15) is 33.8 Å². The standard InChI is InChI=1S/C33H37N7O4/c1-37(2)16-9-15-34-32(43)28-19-23(21-38(28)3)36-33(44)29-18-22(20-39(29)4)35-30(41)14-17-40-26-12-7-5-10-24(26)31(42)25-11-6-8-13-27(25)40/h5-8,10-13,18-21H,9,14-17H2,1-4H3,(H,34,43)(H,35,41)(H,36,44). The van der Waals surface area contributed by atoms with Gasteiger partial charge in [0, 0.05) is 56.8 Å². The van der Waals surface area contributed by atoms with Gasteiger partial charge in [-0.2, -0.15) is 0 Å². The van der Waals surface area contributed by atoms with Gasteiger partial charge in [0.2, 0.25) is 5.91 Å². The molecule has 11 heteroatoms. The summed E-state index contributed by atoms with van der Waals surface area (Å²) < 4.78 is 5.30. The lowest BCUT2D eigenvalue weighted by molar-refractivity contribution is -0.116. The van der Waals surface area contributed by atoms with Crippen molar-refractivity contribution >= 4 is 50.9 Å². The van der Waals surface area contributed by atoms with Crippen LogP contribution in [-0.2, 0) is 25.4 Å². The Kier molecular flexibility index (Phi) is 8.96. The number of carbonyl (C=O) groups excluding carboxylic acids is 3. The average Bonchev–Trinajstić information content (AvgIpc) is 3.55. The van der Waals surface area contributed by atoms with Crippen LogP contribution in [0.3, 0.4) is 0 Å². The van der Waals surface area contributed by atoms with Gasteiger partial charge < -0.3 is 34.6 Å². The van der Waals surface area contributed by atoms with Crippen molar-refractivity contribution in [1.82, 2.24) is 23.9 Å². The third-order valence-corrected chi connectivity index (χ3v) is 7.53. The number of hydrogen-bond acceptors (Lipinski definition) is 5. The monoisotopic (exact) mass is 595 g/mol. The molecule has 3 N–H and O–H groups in total. The van der Waals surface area contributed by atoms with Crippen LogP contribution in [0.4, 0.5) is 11.4 Å². The Morgan fingerprint density at radius 3 is 1.91 bits per heavy atom. The van der Waals surface area contributed by atoms with Crippen molar-refractivity contribution in [2.75, 3.05) is 37.8 Å². The van der Waals surface area contributed by atoms with Gasteiger partial charge in [0.25, 0.3) is 11.8 Å². The molecule has 0 spiro atoms. The second-order valence-corrected chi connectivity index (χ2v) is 11.1. The summed E-state index contributed by atoms with van der Waals surface area (Å²) in [4.78, 5) is 53.8. The summed E-state index contributed by atoms with van der Waals surface area (Å²) >= 11 is 0. The van der Waals surface area contributed by atoms with Gasteiger partial charge in [0.15, 0.2) is 5.43 Å². The molecule has 0 aliphatic carbocycles. The fourth-order valence-electron chi connectivity index (χ4n) is 5.35. The zero-order chi connectivity index (χ0) is 31.4. The van der Waals surface area contributed by atoms with Gasteiger partial charge in [-0.25, -0.2) is 0 Å². The molecular formula is C33H37N7O4. The van der Waals surface area contributed by atoms with Gasteiger partial charge in [-0.05, 0) is 63.5 Å². The lowest BCUT2D eigenvalue weighted by Gasteiger charge is -2.15. The van der Waals surface area contributed by atoms with Crippen LogP contribution >= 0.6 is 0 Å². The second kappa shape index (κ2) is 13.0. The number of carbonyl (C=O) groups is 3. The number of nitrogens with zero attached hydrogens (tertiary/aromatic N) is 4. The van der Waals surface area contributed by atoms with Crippen LogP contribution in [0.5, 0.6) is 0 Å². The van der Waals surface area contributed by atoms with E-state index in [1.54, 1.807) is 59.9 Å².